The summed E-state index contributed by atoms with van der Waals surface area (Å²) in [7, 11) is 0. The van der Waals surface area contributed by atoms with Crippen LogP contribution in [0.2, 0.25) is 0 Å². The minimum absolute atomic E-state index is 0.314. The molecule has 2 rings (SSSR count). The Morgan fingerprint density at radius 3 is 2.55 bits per heavy atom. The average molecular weight is 282 g/mol. The van der Waals surface area contributed by atoms with E-state index < -0.39 is 5.60 Å². The van der Waals surface area contributed by atoms with Gasteiger partial charge in [0.25, 0.3) is 0 Å². The van der Waals surface area contributed by atoms with E-state index in [-0.39, 0.29) is 6.09 Å². The van der Waals surface area contributed by atoms with Crippen LogP contribution >= 0.6 is 0 Å². The molecule has 0 aromatic carbocycles. The maximum atomic E-state index is 11.7. The first-order valence-electron chi connectivity index (χ1n) is 8.10. The third-order valence-electron chi connectivity index (χ3n) is 4.57. The van der Waals surface area contributed by atoms with E-state index in [4.69, 9.17) is 4.74 Å². The Morgan fingerprint density at radius 1 is 1.30 bits per heavy atom. The van der Waals surface area contributed by atoms with E-state index in [1.54, 1.807) is 0 Å². The van der Waals surface area contributed by atoms with Crippen LogP contribution in [0.4, 0.5) is 4.79 Å². The van der Waals surface area contributed by atoms with Crippen LogP contribution in [0.15, 0.2) is 0 Å². The van der Waals surface area contributed by atoms with Crippen LogP contribution in [0.1, 0.15) is 59.8 Å². The van der Waals surface area contributed by atoms with E-state index in [9.17, 15) is 4.79 Å². The summed E-state index contributed by atoms with van der Waals surface area (Å²) < 4.78 is 5.27. The smallest absolute Gasteiger partial charge is 0.407 e. The van der Waals surface area contributed by atoms with Gasteiger partial charge in [0.1, 0.15) is 5.60 Å². The van der Waals surface area contributed by atoms with Crippen molar-refractivity contribution in [2.45, 2.75) is 77.5 Å². The minimum Gasteiger partial charge on any atom is -0.444 e. The number of carbonyl (C=O) groups is 1. The highest BCUT2D eigenvalue weighted by atomic mass is 16.6. The second-order valence-electron chi connectivity index (χ2n) is 7.44. The zero-order chi connectivity index (χ0) is 14.8. The lowest BCUT2D eigenvalue weighted by molar-refractivity contribution is 0.0520. The van der Waals surface area contributed by atoms with E-state index >= 15 is 0 Å². The van der Waals surface area contributed by atoms with Gasteiger partial charge in [0.05, 0.1) is 0 Å². The first-order chi connectivity index (χ1) is 9.37. The molecule has 4 unspecified atom stereocenters. The molecule has 0 spiro atoms. The Labute approximate surface area is 123 Å². The van der Waals surface area contributed by atoms with Gasteiger partial charge in [-0.2, -0.15) is 0 Å². The number of hydrogen-bond donors (Lipinski definition) is 2. The summed E-state index contributed by atoms with van der Waals surface area (Å²) in [5.74, 6) is 1.82. The molecule has 116 valence electrons. The first-order valence-corrected chi connectivity index (χ1v) is 8.10. The zero-order valence-corrected chi connectivity index (χ0v) is 13.4. The van der Waals surface area contributed by atoms with E-state index in [0.29, 0.717) is 18.6 Å². The molecule has 2 aliphatic rings. The standard InChI is InChI=1S/C16H30N2O2/c1-5-13(10-17-15(19)20-16(2,3)4)18-14-9-11-6-7-12(14)8-11/h11-14,18H,5-10H2,1-4H3,(H,17,19). The first kappa shape index (κ1) is 15.6. The third kappa shape index (κ3) is 4.37. The SMILES string of the molecule is CCC(CNC(=O)OC(C)(C)C)NC1CC2CCC1C2. The molecule has 2 N–H and O–H groups in total. The lowest BCUT2D eigenvalue weighted by Gasteiger charge is -2.28. The molecule has 0 saturated heterocycles. The molecule has 2 bridgehead atoms. The van der Waals surface area contributed by atoms with Gasteiger partial charge >= 0.3 is 6.09 Å². The van der Waals surface area contributed by atoms with Gasteiger partial charge < -0.3 is 15.4 Å². The van der Waals surface area contributed by atoms with Gasteiger partial charge in [-0.1, -0.05) is 13.3 Å². The molecule has 2 saturated carbocycles. The van der Waals surface area contributed by atoms with Gasteiger partial charge in [-0.3, -0.25) is 0 Å². The van der Waals surface area contributed by atoms with Crippen molar-refractivity contribution in [1.82, 2.24) is 10.6 Å². The molecular formula is C16H30N2O2. The minimum atomic E-state index is -0.427. The van der Waals surface area contributed by atoms with Crippen molar-refractivity contribution in [2.24, 2.45) is 11.8 Å². The topological polar surface area (TPSA) is 50.4 Å². The van der Waals surface area contributed by atoms with E-state index in [2.05, 4.69) is 17.6 Å². The third-order valence-corrected chi connectivity index (χ3v) is 4.57. The van der Waals surface area contributed by atoms with Crippen molar-refractivity contribution in [3.8, 4) is 0 Å². The summed E-state index contributed by atoms with van der Waals surface area (Å²) in [6.45, 7) is 8.48. The van der Waals surface area contributed by atoms with Gasteiger partial charge in [0.2, 0.25) is 0 Å². The van der Waals surface area contributed by atoms with Crippen molar-refractivity contribution < 1.29 is 9.53 Å². The molecule has 0 aromatic rings. The van der Waals surface area contributed by atoms with Gasteiger partial charge in [-0.15, -0.1) is 0 Å². The van der Waals surface area contributed by atoms with Crippen LogP contribution in [0, 0.1) is 11.8 Å². The molecular weight excluding hydrogens is 252 g/mol. The van der Waals surface area contributed by atoms with Gasteiger partial charge in [-0.25, -0.2) is 4.79 Å². The normalized spacial score (nSPS) is 30.3. The molecule has 2 aliphatic carbocycles. The highest BCUT2D eigenvalue weighted by Crippen LogP contribution is 2.44. The van der Waals surface area contributed by atoms with Crippen LogP contribution in [0.3, 0.4) is 0 Å². The monoisotopic (exact) mass is 282 g/mol. The van der Waals surface area contributed by atoms with Crippen LogP contribution in [0.25, 0.3) is 0 Å². The number of fused-ring (bicyclic) bond motifs is 2. The molecule has 4 nitrogen and oxygen atoms in total. The maximum absolute atomic E-state index is 11.7. The van der Waals surface area contributed by atoms with Crippen molar-refractivity contribution in [3.05, 3.63) is 0 Å². The summed E-state index contributed by atoms with van der Waals surface area (Å²) in [6, 6.07) is 1.02. The summed E-state index contributed by atoms with van der Waals surface area (Å²) in [6.07, 6.45) is 6.27. The van der Waals surface area contributed by atoms with Crippen molar-refractivity contribution in [3.63, 3.8) is 0 Å². The second-order valence-corrected chi connectivity index (χ2v) is 7.44. The highest BCUT2D eigenvalue weighted by Gasteiger charge is 2.39. The fraction of sp³-hybridized carbons (Fsp3) is 0.938. The largest absolute Gasteiger partial charge is 0.444 e. The van der Waals surface area contributed by atoms with E-state index in [0.717, 1.165) is 18.3 Å². The predicted octanol–water partition coefficient (Wildman–Crippen LogP) is 3.07. The number of ether oxygens (including phenoxy) is 1. The number of rotatable bonds is 5. The maximum Gasteiger partial charge on any atom is 0.407 e. The summed E-state index contributed by atoms with van der Waals surface area (Å²) >= 11 is 0. The lowest BCUT2D eigenvalue weighted by Crippen LogP contribution is -2.47. The molecule has 4 heteroatoms. The van der Waals surface area contributed by atoms with Crippen LogP contribution in [-0.4, -0.2) is 30.3 Å². The van der Waals surface area contributed by atoms with Crippen molar-refractivity contribution in [1.29, 1.82) is 0 Å². The predicted molar refractivity (Wildman–Crippen MR) is 80.7 cm³/mol. The molecule has 2 fully saturated rings. The Morgan fingerprint density at radius 2 is 2.05 bits per heavy atom. The molecule has 0 aliphatic heterocycles. The molecule has 20 heavy (non-hydrogen) atoms. The number of nitrogens with one attached hydrogen (secondary N) is 2. The molecule has 0 heterocycles. The van der Waals surface area contributed by atoms with Crippen LogP contribution < -0.4 is 10.6 Å². The number of hydrogen-bond acceptors (Lipinski definition) is 3. The molecule has 1 amide bonds. The van der Waals surface area contributed by atoms with Crippen molar-refractivity contribution >= 4 is 6.09 Å². The van der Waals surface area contributed by atoms with Crippen LogP contribution in [-0.2, 0) is 4.74 Å². The Kier molecular flexibility index (Phi) is 4.95. The number of amides is 1. The molecule has 0 radical (unpaired) electrons. The van der Waals surface area contributed by atoms with Gasteiger partial charge in [-0.05, 0) is 58.3 Å². The zero-order valence-electron chi connectivity index (χ0n) is 13.4. The summed E-state index contributed by atoms with van der Waals surface area (Å²) in [5, 5.41) is 6.63. The average Bonchev–Trinajstić information content (AvgIpc) is 2.94. The summed E-state index contributed by atoms with van der Waals surface area (Å²) in [4.78, 5) is 11.7. The van der Waals surface area contributed by atoms with E-state index in [1.165, 1.54) is 25.7 Å². The highest BCUT2D eigenvalue weighted by molar-refractivity contribution is 5.67. The van der Waals surface area contributed by atoms with Crippen LogP contribution in [0.5, 0.6) is 0 Å². The number of carbonyl (C=O) groups excluding carboxylic acids is 1. The lowest BCUT2D eigenvalue weighted by atomic mass is 9.94. The second kappa shape index (κ2) is 6.33. The van der Waals surface area contributed by atoms with Gasteiger partial charge in [0.15, 0.2) is 0 Å². The fourth-order valence-electron chi connectivity index (χ4n) is 3.59. The Hall–Kier alpha value is -0.770. The Balaban J connectivity index is 1.71. The Bertz CT molecular complexity index is 338. The molecule has 0 aromatic heterocycles. The quantitative estimate of drug-likeness (QED) is 0.815. The van der Waals surface area contributed by atoms with Gasteiger partial charge in [0, 0.05) is 18.6 Å². The van der Waals surface area contributed by atoms with E-state index in [1.807, 2.05) is 20.8 Å². The number of alkyl carbamates (subject to hydrolysis) is 1. The fourth-order valence-corrected chi connectivity index (χ4v) is 3.59. The summed E-state index contributed by atoms with van der Waals surface area (Å²) in [5.41, 5.74) is -0.427. The van der Waals surface area contributed by atoms with Crippen molar-refractivity contribution in [2.75, 3.05) is 6.54 Å². The molecule has 4 atom stereocenters.